The molecule has 7 nitrogen and oxygen atoms in total. The van der Waals surface area contributed by atoms with Gasteiger partial charge in [0.25, 0.3) is 5.91 Å². The Labute approximate surface area is 205 Å². The number of ether oxygens (including phenoxy) is 1. The van der Waals surface area contributed by atoms with Crippen LogP contribution in [0.2, 0.25) is 0 Å². The van der Waals surface area contributed by atoms with E-state index in [-0.39, 0.29) is 12.1 Å². The molecule has 0 aromatic heterocycles. The third-order valence-corrected chi connectivity index (χ3v) is 6.81. The number of piperazine rings is 1. The summed E-state index contributed by atoms with van der Waals surface area (Å²) in [6.07, 6.45) is -0.368. The summed E-state index contributed by atoms with van der Waals surface area (Å²) in [5, 5.41) is 3.15. The Bertz CT molecular complexity index is 1190. The van der Waals surface area contributed by atoms with E-state index in [0.717, 1.165) is 50.5 Å². The lowest BCUT2D eigenvalue weighted by Crippen LogP contribution is -2.52. The number of rotatable bonds is 6. The molecule has 0 radical (unpaired) electrons. The summed E-state index contributed by atoms with van der Waals surface area (Å²) in [5.41, 5.74) is 4.17. The molecule has 7 heteroatoms. The highest BCUT2D eigenvalue weighted by Gasteiger charge is 2.32. The Morgan fingerprint density at radius 2 is 1.66 bits per heavy atom. The molecule has 1 N–H and O–H groups in total. The molecular formula is C28H30N4O3. The van der Waals surface area contributed by atoms with Gasteiger partial charge in [0.1, 0.15) is 6.17 Å². The molecule has 1 amide bonds. The van der Waals surface area contributed by atoms with E-state index < -0.39 is 5.97 Å². The second-order valence-corrected chi connectivity index (χ2v) is 8.87. The van der Waals surface area contributed by atoms with Crippen LogP contribution >= 0.6 is 0 Å². The van der Waals surface area contributed by atoms with Gasteiger partial charge >= 0.3 is 5.97 Å². The predicted molar refractivity (Wildman–Crippen MR) is 137 cm³/mol. The lowest BCUT2D eigenvalue weighted by molar-refractivity contribution is 0.0600. The van der Waals surface area contributed by atoms with Gasteiger partial charge in [0, 0.05) is 45.0 Å². The van der Waals surface area contributed by atoms with Crippen LogP contribution in [-0.2, 0) is 4.74 Å². The molecule has 3 aromatic rings. The van der Waals surface area contributed by atoms with Gasteiger partial charge in [0.15, 0.2) is 0 Å². The molecule has 0 spiro atoms. The number of anilines is 2. The fourth-order valence-corrected chi connectivity index (χ4v) is 4.92. The number of benzene rings is 3. The van der Waals surface area contributed by atoms with E-state index in [0.29, 0.717) is 11.1 Å². The van der Waals surface area contributed by atoms with Crippen molar-refractivity contribution in [1.29, 1.82) is 0 Å². The van der Waals surface area contributed by atoms with Crippen molar-refractivity contribution in [1.82, 2.24) is 10.2 Å². The summed E-state index contributed by atoms with van der Waals surface area (Å²) in [6, 6.07) is 25.5. The first-order valence-corrected chi connectivity index (χ1v) is 12.0. The zero-order valence-corrected chi connectivity index (χ0v) is 19.9. The monoisotopic (exact) mass is 470 g/mol. The Hall–Kier alpha value is -3.84. The molecule has 35 heavy (non-hydrogen) atoms. The highest BCUT2D eigenvalue weighted by atomic mass is 16.5. The molecule has 2 heterocycles. The molecule has 1 atom stereocenters. The Balaban J connectivity index is 1.34. The lowest BCUT2D eigenvalue weighted by Gasteiger charge is -2.41. The first kappa shape index (κ1) is 22.9. The van der Waals surface area contributed by atoms with Gasteiger partial charge in [-0.3, -0.25) is 9.69 Å². The zero-order valence-electron chi connectivity index (χ0n) is 19.9. The minimum Gasteiger partial charge on any atom is -0.465 e. The number of methoxy groups -OCH3 is 1. The van der Waals surface area contributed by atoms with E-state index in [9.17, 15) is 9.59 Å². The minimum atomic E-state index is -0.391. The number of para-hydroxylation sites is 2. The average molecular weight is 471 g/mol. The van der Waals surface area contributed by atoms with Crippen molar-refractivity contribution in [2.24, 2.45) is 0 Å². The van der Waals surface area contributed by atoms with Crippen molar-refractivity contribution in [3.05, 3.63) is 95.6 Å². The fraction of sp³-hybridized carbons (Fsp3) is 0.286. The van der Waals surface area contributed by atoms with Crippen LogP contribution < -0.4 is 15.1 Å². The number of hydrogen-bond acceptors (Lipinski definition) is 6. The van der Waals surface area contributed by atoms with E-state index >= 15 is 0 Å². The standard InChI is InChI=1S/C28H30N4O3/c1-35-28(34)22-9-7-8-21(20-22)26-29-27(33)24-12-5-6-13-25(24)32(26)19-16-30-14-17-31(18-15-30)23-10-3-2-4-11-23/h2-13,20,26H,14-19H2,1H3,(H,29,33). The number of carbonyl (C=O) groups is 2. The number of hydrogen-bond donors (Lipinski definition) is 1. The first-order valence-electron chi connectivity index (χ1n) is 12.0. The van der Waals surface area contributed by atoms with E-state index in [1.807, 2.05) is 42.5 Å². The molecule has 1 fully saturated rings. The van der Waals surface area contributed by atoms with Gasteiger partial charge in [-0.25, -0.2) is 4.79 Å². The van der Waals surface area contributed by atoms with Crippen molar-refractivity contribution >= 4 is 23.3 Å². The molecule has 0 bridgehead atoms. The van der Waals surface area contributed by atoms with Gasteiger partial charge in [-0.1, -0.05) is 42.5 Å². The number of fused-ring (bicyclic) bond motifs is 1. The van der Waals surface area contributed by atoms with Crippen molar-refractivity contribution < 1.29 is 14.3 Å². The second kappa shape index (κ2) is 10.2. The van der Waals surface area contributed by atoms with Crippen LogP contribution in [0.1, 0.15) is 32.4 Å². The first-order chi connectivity index (χ1) is 17.1. The molecule has 3 aromatic carbocycles. The summed E-state index contributed by atoms with van der Waals surface area (Å²) in [7, 11) is 1.37. The number of carbonyl (C=O) groups excluding carboxylic acids is 2. The third kappa shape index (κ3) is 4.86. The fourth-order valence-electron chi connectivity index (χ4n) is 4.92. The number of esters is 1. The molecule has 0 aliphatic carbocycles. The number of nitrogens with one attached hydrogen (secondary N) is 1. The largest absolute Gasteiger partial charge is 0.465 e. The van der Waals surface area contributed by atoms with Gasteiger partial charge in [-0.2, -0.15) is 0 Å². The summed E-state index contributed by atoms with van der Waals surface area (Å²) in [4.78, 5) is 32.2. The highest BCUT2D eigenvalue weighted by molar-refractivity contribution is 6.02. The van der Waals surface area contributed by atoms with Crippen molar-refractivity contribution in [3.63, 3.8) is 0 Å². The van der Waals surface area contributed by atoms with E-state index in [1.54, 1.807) is 12.1 Å². The van der Waals surface area contributed by atoms with Crippen LogP contribution in [0.15, 0.2) is 78.9 Å². The van der Waals surface area contributed by atoms with Gasteiger partial charge in [0.2, 0.25) is 0 Å². The molecule has 1 unspecified atom stereocenters. The summed E-state index contributed by atoms with van der Waals surface area (Å²) in [6.45, 7) is 5.57. The summed E-state index contributed by atoms with van der Waals surface area (Å²) < 4.78 is 4.90. The quantitative estimate of drug-likeness (QED) is 0.556. The van der Waals surface area contributed by atoms with E-state index in [2.05, 4.69) is 44.3 Å². The van der Waals surface area contributed by atoms with Gasteiger partial charge in [0.05, 0.1) is 23.9 Å². The van der Waals surface area contributed by atoms with Crippen LogP contribution in [0.4, 0.5) is 11.4 Å². The third-order valence-electron chi connectivity index (χ3n) is 6.81. The second-order valence-electron chi connectivity index (χ2n) is 8.87. The lowest BCUT2D eigenvalue weighted by atomic mass is 10.0. The van der Waals surface area contributed by atoms with Crippen LogP contribution in [-0.4, -0.2) is 63.2 Å². The predicted octanol–water partition coefficient (Wildman–Crippen LogP) is 3.54. The van der Waals surface area contributed by atoms with E-state index in [1.165, 1.54) is 12.8 Å². The normalized spacial score (nSPS) is 18.1. The summed E-state index contributed by atoms with van der Waals surface area (Å²) >= 11 is 0. The van der Waals surface area contributed by atoms with Crippen molar-refractivity contribution in [2.45, 2.75) is 6.17 Å². The highest BCUT2D eigenvalue weighted by Crippen LogP contribution is 2.33. The Morgan fingerprint density at radius 3 is 2.43 bits per heavy atom. The molecule has 180 valence electrons. The Morgan fingerprint density at radius 1 is 0.914 bits per heavy atom. The van der Waals surface area contributed by atoms with Crippen molar-refractivity contribution in [3.8, 4) is 0 Å². The van der Waals surface area contributed by atoms with Gasteiger partial charge in [-0.05, 0) is 42.0 Å². The van der Waals surface area contributed by atoms with Crippen LogP contribution in [0, 0.1) is 0 Å². The summed E-state index contributed by atoms with van der Waals surface area (Å²) in [5.74, 6) is -0.501. The van der Waals surface area contributed by atoms with E-state index in [4.69, 9.17) is 4.74 Å². The van der Waals surface area contributed by atoms with Gasteiger partial charge in [-0.15, -0.1) is 0 Å². The molecule has 0 saturated carbocycles. The van der Waals surface area contributed by atoms with Crippen LogP contribution in [0.25, 0.3) is 0 Å². The molecule has 2 aliphatic heterocycles. The molecule has 5 rings (SSSR count). The number of nitrogens with zero attached hydrogens (tertiary/aromatic N) is 3. The Kier molecular flexibility index (Phi) is 6.68. The smallest absolute Gasteiger partial charge is 0.337 e. The zero-order chi connectivity index (χ0) is 24.2. The maximum atomic E-state index is 12.9. The maximum absolute atomic E-state index is 12.9. The molecule has 2 aliphatic rings. The maximum Gasteiger partial charge on any atom is 0.337 e. The average Bonchev–Trinajstić information content (AvgIpc) is 2.93. The number of amides is 1. The topological polar surface area (TPSA) is 65.1 Å². The minimum absolute atomic E-state index is 0.109. The molecular weight excluding hydrogens is 440 g/mol. The van der Waals surface area contributed by atoms with Crippen molar-refractivity contribution in [2.75, 3.05) is 56.2 Å². The van der Waals surface area contributed by atoms with Crippen LogP contribution in [0.3, 0.4) is 0 Å². The van der Waals surface area contributed by atoms with Gasteiger partial charge < -0.3 is 19.9 Å². The SMILES string of the molecule is COC(=O)c1cccc(C2NC(=O)c3ccccc3N2CCN2CCN(c3ccccc3)CC2)c1. The van der Waals surface area contributed by atoms with Crippen LogP contribution in [0.5, 0.6) is 0 Å². The molecule has 1 saturated heterocycles.